The van der Waals surface area contributed by atoms with Crippen molar-refractivity contribution in [2.45, 2.75) is 26.4 Å². The molecule has 1 heterocycles. The average molecular weight is 520 g/mol. The second-order valence-electron chi connectivity index (χ2n) is 7.63. The zero-order valence-corrected chi connectivity index (χ0v) is 20.0. The second-order valence-corrected chi connectivity index (χ2v) is 8.55. The summed E-state index contributed by atoms with van der Waals surface area (Å²) in [5.74, 6) is 0.216. The van der Waals surface area contributed by atoms with Crippen molar-refractivity contribution in [3.8, 4) is 5.75 Å². The first kappa shape index (κ1) is 23.4. The van der Waals surface area contributed by atoms with Gasteiger partial charge in [0, 0.05) is 16.5 Å². The number of halogens is 1. The summed E-state index contributed by atoms with van der Waals surface area (Å²) in [7, 11) is 0. The van der Waals surface area contributed by atoms with Crippen LogP contribution >= 0.6 is 15.9 Å². The Morgan fingerprint density at radius 2 is 1.91 bits per heavy atom. The molecule has 0 fully saturated rings. The molecule has 0 amide bonds. The number of carboxylic acid groups (broad SMARTS) is 1. The third kappa shape index (κ3) is 5.23. The van der Waals surface area contributed by atoms with E-state index in [1.165, 1.54) is 4.68 Å². The number of para-hydroxylation sites is 1. The van der Waals surface area contributed by atoms with Crippen molar-refractivity contribution in [1.29, 1.82) is 0 Å². The second kappa shape index (κ2) is 10.4. The van der Waals surface area contributed by atoms with E-state index < -0.39 is 5.97 Å². The van der Waals surface area contributed by atoms with Crippen LogP contribution in [-0.4, -0.2) is 27.0 Å². The van der Waals surface area contributed by atoms with Gasteiger partial charge in [-0.2, -0.15) is 9.78 Å². The number of hydrogen-bond donors (Lipinski definition) is 1. The van der Waals surface area contributed by atoms with E-state index in [1.807, 2.05) is 43.3 Å². The lowest BCUT2D eigenvalue weighted by atomic mass is 10.1. The maximum atomic E-state index is 13.2. The van der Waals surface area contributed by atoms with Crippen molar-refractivity contribution < 1.29 is 14.6 Å². The van der Waals surface area contributed by atoms with E-state index in [0.29, 0.717) is 34.5 Å². The first-order chi connectivity index (χ1) is 16.5. The minimum atomic E-state index is -0.970. The monoisotopic (exact) mass is 519 g/mol. The maximum absolute atomic E-state index is 13.2. The minimum Gasteiger partial charge on any atom is -0.488 e. The molecular formula is C26H22BrN3O4. The molecule has 1 aromatic heterocycles. The highest BCUT2D eigenvalue weighted by atomic mass is 79.9. The van der Waals surface area contributed by atoms with Gasteiger partial charge in [-0.25, -0.2) is 9.78 Å². The van der Waals surface area contributed by atoms with Crippen molar-refractivity contribution in [1.82, 2.24) is 9.66 Å². The Hall–Kier alpha value is -3.78. The third-order valence-electron chi connectivity index (χ3n) is 5.18. The predicted octanol–water partition coefficient (Wildman–Crippen LogP) is 5.27. The molecule has 0 atom stereocenters. The standard InChI is InChI=1S/C26H22BrN3O4/c1-2-5-24-29-22-13-12-20(27)14-21(22)25(31)30(24)28-15-19-6-3-4-7-23(19)34-16-17-8-10-18(11-9-17)26(32)33/h3-4,6-15H,2,5,16H2,1H3,(H,32,33). The molecule has 0 bridgehead atoms. The van der Waals surface area contributed by atoms with E-state index in [9.17, 15) is 9.59 Å². The van der Waals surface area contributed by atoms with Crippen LogP contribution in [0.5, 0.6) is 5.75 Å². The third-order valence-corrected chi connectivity index (χ3v) is 5.67. The molecule has 0 radical (unpaired) electrons. The Bertz CT molecular complexity index is 1430. The van der Waals surface area contributed by atoms with E-state index in [0.717, 1.165) is 16.5 Å². The molecule has 1 N–H and O–H groups in total. The lowest BCUT2D eigenvalue weighted by Gasteiger charge is -2.11. The number of aryl methyl sites for hydroxylation is 1. The van der Waals surface area contributed by atoms with Crippen LogP contribution in [0.4, 0.5) is 0 Å². The maximum Gasteiger partial charge on any atom is 0.335 e. The van der Waals surface area contributed by atoms with E-state index >= 15 is 0 Å². The Labute approximate surface area is 204 Å². The van der Waals surface area contributed by atoms with Gasteiger partial charge in [0.05, 0.1) is 22.7 Å². The van der Waals surface area contributed by atoms with Crippen LogP contribution in [0.1, 0.15) is 40.7 Å². The molecule has 0 aliphatic rings. The molecule has 8 heteroatoms. The van der Waals surface area contributed by atoms with Gasteiger partial charge < -0.3 is 9.84 Å². The van der Waals surface area contributed by atoms with Gasteiger partial charge in [-0.1, -0.05) is 47.1 Å². The first-order valence-corrected chi connectivity index (χ1v) is 11.5. The molecule has 0 unspecified atom stereocenters. The van der Waals surface area contributed by atoms with Gasteiger partial charge in [0.15, 0.2) is 0 Å². The van der Waals surface area contributed by atoms with E-state index in [1.54, 1.807) is 36.5 Å². The number of nitrogens with zero attached hydrogens (tertiary/aromatic N) is 3. The average Bonchev–Trinajstić information content (AvgIpc) is 2.84. The molecule has 0 saturated heterocycles. The van der Waals surface area contributed by atoms with E-state index in [2.05, 4.69) is 26.0 Å². The molecule has 4 aromatic rings. The van der Waals surface area contributed by atoms with Crippen LogP contribution in [0.3, 0.4) is 0 Å². The summed E-state index contributed by atoms with van der Waals surface area (Å²) in [5, 5.41) is 14.0. The number of carbonyl (C=O) groups is 1. The van der Waals surface area contributed by atoms with Crippen molar-refractivity contribution in [3.63, 3.8) is 0 Å². The van der Waals surface area contributed by atoms with Crippen molar-refractivity contribution in [3.05, 3.63) is 104 Å². The van der Waals surface area contributed by atoms with Gasteiger partial charge in [0.2, 0.25) is 0 Å². The van der Waals surface area contributed by atoms with Crippen molar-refractivity contribution in [2.75, 3.05) is 0 Å². The number of ether oxygens (including phenoxy) is 1. The zero-order chi connectivity index (χ0) is 24.1. The molecule has 172 valence electrons. The summed E-state index contributed by atoms with van der Waals surface area (Å²) in [6, 6.07) is 19.3. The summed E-state index contributed by atoms with van der Waals surface area (Å²) in [6.07, 6.45) is 3.03. The van der Waals surface area contributed by atoms with Crippen molar-refractivity contribution in [2.24, 2.45) is 5.10 Å². The van der Waals surface area contributed by atoms with E-state index in [4.69, 9.17) is 9.84 Å². The SMILES string of the molecule is CCCc1nc2ccc(Br)cc2c(=O)n1N=Cc1ccccc1OCc1ccc(C(=O)O)cc1. The molecule has 3 aromatic carbocycles. The molecule has 0 spiro atoms. The molecule has 4 rings (SSSR count). The van der Waals surface area contributed by atoms with Gasteiger partial charge in [0.1, 0.15) is 18.2 Å². The fraction of sp³-hybridized carbons (Fsp3) is 0.154. The van der Waals surface area contributed by atoms with Gasteiger partial charge in [0.25, 0.3) is 5.56 Å². The summed E-state index contributed by atoms with van der Waals surface area (Å²) in [4.78, 5) is 28.9. The van der Waals surface area contributed by atoms with Gasteiger partial charge in [-0.15, -0.1) is 0 Å². The Morgan fingerprint density at radius 1 is 1.15 bits per heavy atom. The van der Waals surface area contributed by atoms with Gasteiger partial charge in [-0.05, 0) is 54.4 Å². The van der Waals surface area contributed by atoms with Crippen LogP contribution in [-0.2, 0) is 13.0 Å². The Balaban J connectivity index is 1.63. The largest absolute Gasteiger partial charge is 0.488 e. The molecule has 0 aliphatic heterocycles. The number of carboxylic acids is 1. The normalized spacial score (nSPS) is 11.2. The van der Waals surface area contributed by atoms with Crippen LogP contribution in [0.25, 0.3) is 10.9 Å². The lowest BCUT2D eigenvalue weighted by Crippen LogP contribution is -2.22. The highest BCUT2D eigenvalue weighted by molar-refractivity contribution is 9.10. The van der Waals surface area contributed by atoms with Crippen LogP contribution in [0, 0.1) is 0 Å². The van der Waals surface area contributed by atoms with Crippen LogP contribution in [0.2, 0.25) is 0 Å². The first-order valence-electron chi connectivity index (χ1n) is 10.8. The Morgan fingerprint density at radius 3 is 2.65 bits per heavy atom. The molecular weight excluding hydrogens is 498 g/mol. The summed E-state index contributed by atoms with van der Waals surface area (Å²) >= 11 is 3.41. The molecule has 7 nitrogen and oxygen atoms in total. The van der Waals surface area contributed by atoms with Gasteiger partial charge in [-0.3, -0.25) is 4.79 Å². The van der Waals surface area contributed by atoms with Crippen molar-refractivity contribution >= 4 is 39.0 Å². The topological polar surface area (TPSA) is 93.8 Å². The lowest BCUT2D eigenvalue weighted by molar-refractivity contribution is 0.0697. The predicted molar refractivity (Wildman–Crippen MR) is 135 cm³/mol. The molecule has 0 aliphatic carbocycles. The molecule has 0 saturated carbocycles. The number of rotatable bonds is 8. The number of fused-ring (bicyclic) bond motifs is 1. The number of aromatic nitrogens is 2. The smallest absolute Gasteiger partial charge is 0.335 e. The quantitative estimate of drug-likeness (QED) is 0.320. The highest BCUT2D eigenvalue weighted by Crippen LogP contribution is 2.19. The number of benzene rings is 3. The van der Waals surface area contributed by atoms with Crippen LogP contribution < -0.4 is 10.3 Å². The fourth-order valence-electron chi connectivity index (χ4n) is 3.44. The number of aromatic carboxylic acids is 1. The Kier molecular flexibility index (Phi) is 7.18. The van der Waals surface area contributed by atoms with Gasteiger partial charge >= 0.3 is 5.97 Å². The summed E-state index contributed by atoms with van der Waals surface area (Å²) in [6.45, 7) is 2.29. The minimum absolute atomic E-state index is 0.223. The van der Waals surface area contributed by atoms with Crippen LogP contribution in [0.15, 0.2) is 81.1 Å². The summed E-state index contributed by atoms with van der Waals surface area (Å²) < 4.78 is 8.10. The number of hydrogen-bond acceptors (Lipinski definition) is 5. The molecule has 34 heavy (non-hydrogen) atoms. The summed E-state index contributed by atoms with van der Waals surface area (Å²) in [5.41, 5.74) is 2.17. The highest BCUT2D eigenvalue weighted by Gasteiger charge is 2.11. The fourth-order valence-corrected chi connectivity index (χ4v) is 3.80. The zero-order valence-electron chi connectivity index (χ0n) is 18.4. The van der Waals surface area contributed by atoms with E-state index in [-0.39, 0.29) is 17.7 Å².